The molecule has 0 aliphatic carbocycles. The Hall–Kier alpha value is -2.53. The monoisotopic (exact) mass is 317 g/mol. The van der Waals surface area contributed by atoms with Crippen LogP contribution in [0.3, 0.4) is 0 Å². The number of carbonyl (C=O) groups is 2. The lowest BCUT2D eigenvalue weighted by Gasteiger charge is -2.09. The van der Waals surface area contributed by atoms with E-state index in [2.05, 4.69) is 16.0 Å². The Morgan fingerprint density at radius 2 is 1.59 bits per heavy atom. The molecule has 114 valence electrons. The number of rotatable bonds is 5. The average Bonchev–Trinajstić information content (AvgIpc) is 2.45. The molecule has 0 fully saturated rings. The van der Waals surface area contributed by atoms with E-state index in [0.717, 1.165) is 5.69 Å². The van der Waals surface area contributed by atoms with Crippen molar-refractivity contribution in [1.82, 2.24) is 0 Å². The summed E-state index contributed by atoms with van der Waals surface area (Å²) in [5, 5.41) is 9.01. The number of hydrogen-bond donors (Lipinski definition) is 3. The van der Waals surface area contributed by atoms with E-state index in [4.69, 9.17) is 11.6 Å². The molecule has 0 aromatic heterocycles. The molecule has 2 amide bonds. The second-order valence-electron chi connectivity index (χ2n) is 4.67. The summed E-state index contributed by atoms with van der Waals surface area (Å²) in [6.07, 6.45) is 0. The highest BCUT2D eigenvalue weighted by Crippen LogP contribution is 2.16. The van der Waals surface area contributed by atoms with Gasteiger partial charge in [0, 0.05) is 29.0 Å². The molecule has 2 aromatic carbocycles. The van der Waals surface area contributed by atoms with Gasteiger partial charge in [0.15, 0.2) is 0 Å². The Labute approximate surface area is 133 Å². The first-order chi connectivity index (χ1) is 10.5. The highest BCUT2D eigenvalue weighted by molar-refractivity contribution is 6.30. The lowest BCUT2D eigenvalue weighted by atomic mass is 10.2. The van der Waals surface area contributed by atoms with Gasteiger partial charge in [0.1, 0.15) is 0 Å². The molecular formula is C16H16ClN3O2. The Balaban J connectivity index is 1.90. The zero-order valence-electron chi connectivity index (χ0n) is 12.0. The van der Waals surface area contributed by atoms with Crippen LogP contribution in [-0.2, 0) is 9.59 Å². The Kier molecular flexibility index (Phi) is 5.38. The lowest BCUT2D eigenvalue weighted by Crippen LogP contribution is -2.21. The van der Waals surface area contributed by atoms with Crippen molar-refractivity contribution in [3.05, 3.63) is 53.6 Å². The van der Waals surface area contributed by atoms with Crippen LogP contribution in [0, 0.1) is 0 Å². The molecule has 0 aliphatic heterocycles. The summed E-state index contributed by atoms with van der Waals surface area (Å²) >= 11 is 5.87. The SMILES string of the molecule is CC(=O)Nc1cccc(NC(=O)CNc2cccc(Cl)c2)c1. The fourth-order valence-corrected chi connectivity index (χ4v) is 2.05. The number of hydrogen-bond acceptors (Lipinski definition) is 3. The summed E-state index contributed by atoms with van der Waals surface area (Å²) < 4.78 is 0. The summed E-state index contributed by atoms with van der Waals surface area (Å²) in [6.45, 7) is 1.55. The first-order valence-electron chi connectivity index (χ1n) is 6.70. The van der Waals surface area contributed by atoms with E-state index < -0.39 is 0 Å². The normalized spacial score (nSPS) is 9.91. The average molecular weight is 318 g/mol. The van der Waals surface area contributed by atoms with Gasteiger partial charge in [0.05, 0.1) is 6.54 Å². The summed E-state index contributed by atoms with van der Waals surface area (Å²) in [7, 11) is 0. The van der Waals surface area contributed by atoms with Crippen LogP contribution < -0.4 is 16.0 Å². The number of nitrogens with one attached hydrogen (secondary N) is 3. The minimum atomic E-state index is -0.194. The lowest BCUT2D eigenvalue weighted by molar-refractivity contribution is -0.115. The van der Waals surface area contributed by atoms with Gasteiger partial charge in [-0.1, -0.05) is 23.7 Å². The summed E-state index contributed by atoms with van der Waals surface area (Å²) in [4.78, 5) is 22.9. The predicted molar refractivity (Wildman–Crippen MR) is 89.3 cm³/mol. The minimum absolute atomic E-state index is 0.116. The van der Waals surface area contributed by atoms with Gasteiger partial charge in [0.2, 0.25) is 11.8 Å². The molecule has 0 radical (unpaired) electrons. The van der Waals surface area contributed by atoms with Gasteiger partial charge in [-0.15, -0.1) is 0 Å². The maximum Gasteiger partial charge on any atom is 0.243 e. The maximum absolute atomic E-state index is 11.9. The zero-order valence-corrected chi connectivity index (χ0v) is 12.8. The van der Waals surface area contributed by atoms with Crippen LogP contribution in [0.15, 0.2) is 48.5 Å². The fraction of sp³-hybridized carbons (Fsp3) is 0.125. The zero-order chi connectivity index (χ0) is 15.9. The van der Waals surface area contributed by atoms with Crippen molar-refractivity contribution in [2.45, 2.75) is 6.92 Å². The highest BCUT2D eigenvalue weighted by atomic mass is 35.5. The molecular weight excluding hydrogens is 302 g/mol. The second-order valence-corrected chi connectivity index (χ2v) is 5.11. The molecule has 22 heavy (non-hydrogen) atoms. The summed E-state index contributed by atoms with van der Waals surface area (Å²) in [5.74, 6) is -0.356. The first kappa shape index (κ1) is 15.9. The standard InChI is InChI=1S/C16H16ClN3O2/c1-11(21)19-14-6-3-7-15(9-14)20-16(22)10-18-13-5-2-4-12(17)8-13/h2-9,18H,10H2,1H3,(H,19,21)(H,20,22). The van der Waals surface area contributed by atoms with Crippen molar-refractivity contribution < 1.29 is 9.59 Å². The predicted octanol–water partition coefficient (Wildman–Crippen LogP) is 3.35. The molecule has 0 spiro atoms. The van der Waals surface area contributed by atoms with E-state index in [-0.39, 0.29) is 18.4 Å². The first-order valence-corrected chi connectivity index (χ1v) is 7.08. The molecule has 6 heteroatoms. The van der Waals surface area contributed by atoms with Gasteiger partial charge < -0.3 is 16.0 Å². The molecule has 0 heterocycles. The van der Waals surface area contributed by atoms with Crippen LogP contribution in [0.4, 0.5) is 17.1 Å². The largest absolute Gasteiger partial charge is 0.376 e. The molecule has 0 aliphatic rings. The van der Waals surface area contributed by atoms with E-state index in [1.165, 1.54) is 6.92 Å². The van der Waals surface area contributed by atoms with Gasteiger partial charge in [-0.05, 0) is 36.4 Å². The van der Waals surface area contributed by atoms with Crippen molar-refractivity contribution >= 4 is 40.5 Å². The number of halogens is 1. The molecule has 0 bridgehead atoms. The summed E-state index contributed by atoms with van der Waals surface area (Å²) in [5.41, 5.74) is 2.02. The van der Waals surface area contributed by atoms with Crippen molar-refractivity contribution in [2.75, 3.05) is 22.5 Å². The third-order valence-corrected chi connectivity index (χ3v) is 2.98. The van der Waals surface area contributed by atoms with E-state index in [9.17, 15) is 9.59 Å². The molecule has 0 unspecified atom stereocenters. The van der Waals surface area contributed by atoms with Crippen molar-refractivity contribution in [2.24, 2.45) is 0 Å². The Morgan fingerprint density at radius 1 is 0.955 bits per heavy atom. The van der Waals surface area contributed by atoms with E-state index in [1.807, 2.05) is 6.07 Å². The highest BCUT2D eigenvalue weighted by Gasteiger charge is 2.04. The van der Waals surface area contributed by atoms with Crippen LogP contribution in [0.5, 0.6) is 0 Å². The van der Waals surface area contributed by atoms with Crippen molar-refractivity contribution in [1.29, 1.82) is 0 Å². The van der Waals surface area contributed by atoms with E-state index >= 15 is 0 Å². The number of benzene rings is 2. The third-order valence-electron chi connectivity index (χ3n) is 2.74. The fourth-order valence-electron chi connectivity index (χ4n) is 1.86. The van der Waals surface area contributed by atoms with Crippen LogP contribution >= 0.6 is 11.6 Å². The van der Waals surface area contributed by atoms with Gasteiger partial charge >= 0.3 is 0 Å². The van der Waals surface area contributed by atoms with E-state index in [0.29, 0.717) is 16.4 Å². The van der Waals surface area contributed by atoms with Gasteiger partial charge in [-0.3, -0.25) is 9.59 Å². The second kappa shape index (κ2) is 7.47. The van der Waals surface area contributed by atoms with Crippen LogP contribution in [-0.4, -0.2) is 18.4 Å². The molecule has 0 saturated heterocycles. The summed E-state index contributed by atoms with van der Waals surface area (Å²) in [6, 6.07) is 14.1. The smallest absolute Gasteiger partial charge is 0.243 e. The van der Waals surface area contributed by atoms with Gasteiger partial charge in [0.25, 0.3) is 0 Å². The Bertz CT molecular complexity index is 689. The Morgan fingerprint density at radius 3 is 2.27 bits per heavy atom. The minimum Gasteiger partial charge on any atom is -0.376 e. The van der Waals surface area contributed by atoms with Crippen LogP contribution in [0.25, 0.3) is 0 Å². The molecule has 0 atom stereocenters. The quantitative estimate of drug-likeness (QED) is 0.792. The van der Waals surface area contributed by atoms with Crippen LogP contribution in [0.2, 0.25) is 5.02 Å². The van der Waals surface area contributed by atoms with Gasteiger partial charge in [-0.2, -0.15) is 0 Å². The van der Waals surface area contributed by atoms with Crippen molar-refractivity contribution in [3.8, 4) is 0 Å². The van der Waals surface area contributed by atoms with Crippen LogP contribution in [0.1, 0.15) is 6.92 Å². The number of anilines is 3. The van der Waals surface area contributed by atoms with E-state index in [1.54, 1.807) is 42.5 Å². The number of carbonyl (C=O) groups excluding carboxylic acids is 2. The molecule has 2 rings (SSSR count). The third kappa shape index (κ3) is 5.10. The van der Waals surface area contributed by atoms with Crippen molar-refractivity contribution in [3.63, 3.8) is 0 Å². The topological polar surface area (TPSA) is 70.2 Å². The maximum atomic E-state index is 11.9. The van der Waals surface area contributed by atoms with Gasteiger partial charge in [-0.25, -0.2) is 0 Å². The molecule has 3 N–H and O–H groups in total. The number of amides is 2. The molecule has 0 saturated carbocycles. The molecule has 5 nitrogen and oxygen atoms in total. The molecule has 2 aromatic rings.